The summed E-state index contributed by atoms with van der Waals surface area (Å²) < 4.78 is 6.91. The minimum atomic E-state index is -0.316. The minimum Gasteiger partial charge on any atom is -0.465 e. The summed E-state index contributed by atoms with van der Waals surface area (Å²) in [5, 5.41) is 1.71. The highest BCUT2D eigenvalue weighted by atomic mass is 32.1. The molecule has 0 saturated heterocycles. The Kier molecular flexibility index (Phi) is 3.44. The van der Waals surface area contributed by atoms with Gasteiger partial charge in [-0.1, -0.05) is 0 Å². The monoisotopic (exact) mass is 218 g/mol. The Balaban J connectivity index is 2.74. The molecule has 1 aromatic rings. The molecule has 0 atom stereocenters. The molecular weight excluding hydrogens is 208 g/mol. The molecule has 0 aliphatic carbocycles. The zero-order valence-electron chi connectivity index (χ0n) is 7.15. The molecule has 0 aliphatic heterocycles. The Morgan fingerprint density at radius 3 is 3.00 bits per heavy atom. The lowest BCUT2D eigenvalue weighted by atomic mass is 10.6. The first-order chi connectivity index (χ1) is 6.15. The van der Waals surface area contributed by atoms with Crippen LogP contribution in [0.15, 0.2) is 5.38 Å². The van der Waals surface area contributed by atoms with E-state index < -0.39 is 0 Å². The lowest BCUT2D eigenvalue weighted by molar-refractivity contribution is -0.143. The number of hydrogen-bond donors (Lipinski definition) is 1. The van der Waals surface area contributed by atoms with Gasteiger partial charge >= 0.3 is 5.97 Å². The van der Waals surface area contributed by atoms with Gasteiger partial charge in [-0.15, -0.1) is 11.3 Å². The minimum absolute atomic E-state index is 0.0992. The number of thiazole rings is 1. The van der Waals surface area contributed by atoms with Crippen molar-refractivity contribution in [2.45, 2.75) is 13.5 Å². The molecule has 13 heavy (non-hydrogen) atoms. The first-order valence-corrected chi connectivity index (χ1v) is 5.03. The van der Waals surface area contributed by atoms with Crippen molar-refractivity contribution in [3.05, 3.63) is 9.33 Å². The molecule has 0 aliphatic rings. The average Bonchev–Trinajstić information content (AvgIpc) is 2.36. The van der Waals surface area contributed by atoms with Crippen LogP contribution in [0.5, 0.6) is 0 Å². The molecule has 0 unspecified atom stereocenters. The fourth-order valence-electron chi connectivity index (χ4n) is 0.835. The third-order valence-corrected chi connectivity index (χ3v) is 2.70. The van der Waals surface area contributed by atoms with E-state index in [0.29, 0.717) is 16.4 Å². The van der Waals surface area contributed by atoms with Crippen molar-refractivity contribution in [3.63, 3.8) is 0 Å². The molecule has 6 heteroatoms. The molecule has 4 nitrogen and oxygen atoms in total. The summed E-state index contributed by atoms with van der Waals surface area (Å²) in [6, 6.07) is 0. The van der Waals surface area contributed by atoms with E-state index in [4.69, 9.17) is 22.7 Å². The Morgan fingerprint density at radius 1 is 1.85 bits per heavy atom. The lowest BCUT2D eigenvalue weighted by Gasteiger charge is -2.04. The van der Waals surface area contributed by atoms with Crippen molar-refractivity contribution in [1.82, 2.24) is 4.57 Å². The number of nitrogens with zero attached hydrogens (tertiary/aromatic N) is 1. The molecule has 1 heterocycles. The third kappa shape index (κ3) is 2.53. The van der Waals surface area contributed by atoms with Crippen molar-refractivity contribution in [2.24, 2.45) is 0 Å². The zero-order chi connectivity index (χ0) is 9.84. The molecule has 0 bridgehead atoms. The molecule has 0 radical (unpaired) electrons. The average molecular weight is 218 g/mol. The summed E-state index contributed by atoms with van der Waals surface area (Å²) in [7, 11) is 0. The Labute approximate surface area is 84.9 Å². The number of carbonyl (C=O) groups excluding carboxylic acids is 1. The van der Waals surface area contributed by atoms with E-state index in [9.17, 15) is 4.79 Å². The van der Waals surface area contributed by atoms with Crippen LogP contribution >= 0.6 is 23.6 Å². The van der Waals surface area contributed by atoms with Crippen LogP contribution in [0.4, 0.5) is 5.82 Å². The summed E-state index contributed by atoms with van der Waals surface area (Å²) in [6.07, 6.45) is 0. The standard InChI is InChI=1S/C7H10N2O2S2/c1-2-11-6(10)3-9-5(8)4-13-7(9)12/h4H,2-3,8H2,1H3. The first-order valence-electron chi connectivity index (χ1n) is 3.74. The van der Waals surface area contributed by atoms with E-state index in [1.807, 2.05) is 0 Å². The van der Waals surface area contributed by atoms with Crippen LogP contribution in [0, 0.1) is 3.95 Å². The largest absolute Gasteiger partial charge is 0.465 e. The van der Waals surface area contributed by atoms with Crippen molar-refractivity contribution < 1.29 is 9.53 Å². The van der Waals surface area contributed by atoms with Gasteiger partial charge in [0.2, 0.25) is 0 Å². The van der Waals surface area contributed by atoms with Gasteiger partial charge in [-0.3, -0.25) is 9.36 Å². The fourth-order valence-corrected chi connectivity index (χ4v) is 1.80. The predicted molar refractivity (Wildman–Crippen MR) is 54.2 cm³/mol. The van der Waals surface area contributed by atoms with Gasteiger partial charge in [0, 0.05) is 5.38 Å². The van der Waals surface area contributed by atoms with Gasteiger partial charge in [-0.05, 0) is 19.1 Å². The van der Waals surface area contributed by atoms with Gasteiger partial charge in [-0.2, -0.15) is 0 Å². The lowest BCUT2D eigenvalue weighted by Crippen LogP contribution is -2.14. The quantitative estimate of drug-likeness (QED) is 0.616. The Hall–Kier alpha value is -0.880. The van der Waals surface area contributed by atoms with Crippen LogP contribution in [0.2, 0.25) is 0 Å². The number of rotatable bonds is 3. The second kappa shape index (κ2) is 4.38. The van der Waals surface area contributed by atoms with E-state index >= 15 is 0 Å². The highest BCUT2D eigenvalue weighted by molar-refractivity contribution is 7.73. The number of aromatic nitrogens is 1. The number of carbonyl (C=O) groups is 1. The van der Waals surface area contributed by atoms with E-state index in [0.717, 1.165) is 0 Å². The molecule has 72 valence electrons. The molecule has 0 spiro atoms. The summed E-state index contributed by atoms with van der Waals surface area (Å²) in [6.45, 7) is 2.23. The number of esters is 1. The topological polar surface area (TPSA) is 57.2 Å². The maximum absolute atomic E-state index is 11.1. The van der Waals surface area contributed by atoms with Gasteiger partial charge in [0.1, 0.15) is 12.4 Å². The predicted octanol–water partition coefficient (Wildman–Crippen LogP) is 1.42. The third-order valence-electron chi connectivity index (χ3n) is 1.41. The number of hydrogen-bond acceptors (Lipinski definition) is 5. The van der Waals surface area contributed by atoms with Crippen molar-refractivity contribution in [3.8, 4) is 0 Å². The fraction of sp³-hybridized carbons (Fsp3) is 0.429. The number of nitrogen functional groups attached to an aromatic ring is 1. The second-order valence-corrected chi connectivity index (χ2v) is 3.82. The smallest absolute Gasteiger partial charge is 0.326 e. The SMILES string of the molecule is CCOC(=O)Cn1c(N)csc1=S. The highest BCUT2D eigenvalue weighted by Crippen LogP contribution is 2.12. The number of nitrogens with two attached hydrogens (primary N) is 1. The van der Waals surface area contributed by atoms with E-state index in [1.165, 1.54) is 11.3 Å². The highest BCUT2D eigenvalue weighted by Gasteiger charge is 2.06. The Bertz CT molecular complexity index is 356. The van der Waals surface area contributed by atoms with Crippen LogP contribution in [-0.4, -0.2) is 17.1 Å². The van der Waals surface area contributed by atoms with Crippen LogP contribution in [0.3, 0.4) is 0 Å². The molecule has 0 amide bonds. The van der Waals surface area contributed by atoms with Gasteiger partial charge < -0.3 is 10.5 Å². The molecule has 0 fully saturated rings. The zero-order valence-corrected chi connectivity index (χ0v) is 8.78. The molecule has 2 N–H and O–H groups in total. The van der Waals surface area contributed by atoms with Crippen LogP contribution < -0.4 is 5.73 Å². The summed E-state index contributed by atoms with van der Waals surface area (Å²) >= 11 is 6.31. The summed E-state index contributed by atoms with van der Waals surface area (Å²) in [5.41, 5.74) is 5.58. The molecule has 1 aromatic heterocycles. The van der Waals surface area contributed by atoms with Gasteiger partial charge in [0.25, 0.3) is 0 Å². The number of ether oxygens (including phenoxy) is 1. The molecule has 0 aromatic carbocycles. The summed E-state index contributed by atoms with van der Waals surface area (Å²) in [5.74, 6) is 0.187. The van der Waals surface area contributed by atoms with Crippen molar-refractivity contribution in [1.29, 1.82) is 0 Å². The van der Waals surface area contributed by atoms with Gasteiger partial charge in [-0.25, -0.2) is 0 Å². The van der Waals surface area contributed by atoms with E-state index in [1.54, 1.807) is 16.9 Å². The summed E-state index contributed by atoms with van der Waals surface area (Å²) in [4.78, 5) is 11.1. The number of anilines is 1. The van der Waals surface area contributed by atoms with Gasteiger partial charge in [0.15, 0.2) is 3.95 Å². The van der Waals surface area contributed by atoms with E-state index in [-0.39, 0.29) is 12.5 Å². The van der Waals surface area contributed by atoms with E-state index in [2.05, 4.69) is 0 Å². The molecule has 0 saturated carbocycles. The maximum Gasteiger partial charge on any atom is 0.326 e. The molecule has 1 rings (SSSR count). The van der Waals surface area contributed by atoms with Crippen LogP contribution in [0.25, 0.3) is 0 Å². The van der Waals surface area contributed by atoms with Crippen LogP contribution in [-0.2, 0) is 16.1 Å². The van der Waals surface area contributed by atoms with Crippen LogP contribution in [0.1, 0.15) is 6.92 Å². The maximum atomic E-state index is 11.1. The second-order valence-electron chi connectivity index (χ2n) is 2.32. The van der Waals surface area contributed by atoms with Crippen molar-refractivity contribution >= 4 is 35.3 Å². The van der Waals surface area contributed by atoms with Crippen molar-refractivity contribution in [2.75, 3.05) is 12.3 Å². The van der Waals surface area contributed by atoms with Gasteiger partial charge in [0.05, 0.1) is 6.61 Å². The first kappa shape index (κ1) is 10.2. The normalized spacial score (nSPS) is 9.92. The molecular formula is C7H10N2O2S2. The Morgan fingerprint density at radius 2 is 2.54 bits per heavy atom.